The molecule has 0 atom stereocenters. The number of hydrogen-bond acceptors (Lipinski definition) is 4. The first-order valence-electron chi connectivity index (χ1n) is 8.56. The lowest BCUT2D eigenvalue weighted by Crippen LogP contribution is -2.26. The van der Waals surface area contributed by atoms with E-state index in [1.54, 1.807) is 22.9 Å². The lowest BCUT2D eigenvalue weighted by atomic mass is 10.0. The van der Waals surface area contributed by atoms with Gasteiger partial charge in [0, 0.05) is 18.0 Å². The number of hydrazone groups is 1. The van der Waals surface area contributed by atoms with Gasteiger partial charge in [-0.05, 0) is 35.4 Å². The van der Waals surface area contributed by atoms with Gasteiger partial charge in [-0.1, -0.05) is 42.5 Å². The zero-order chi connectivity index (χ0) is 19.9. The molecule has 0 amide bonds. The Labute approximate surface area is 161 Å². The molecule has 0 saturated heterocycles. The molecule has 0 radical (unpaired) electrons. The molecule has 2 aromatic carbocycles. The minimum Gasteiger partial charge on any atom is -0.369 e. The smallest absolute Gasteiger partial charge is 0.293 e. The molecular weight excluding hydrogens is 356 g/mol. The molecule has 0 aliphatic carbocycles. The third-order valence-corrected chi connectivity index (χ3v) is 4.02. The first-order valence-corrected chi connectivity index (χ1v) is 8.56. The first kappa shape index (κ1) is 18.7. The van der Waals surface area contributed by atoms with E-state index in [9.17, 15) is 10.1 Å². The molecule has 0 unspecified atom stereocenters. The molecule has 0 aliphatic rings. The second-order valence-electron chi connectivity index (χ2n) is 5.93. The van der Waals surface area contributed by atoms with Gasteiger partial charge in [0.05, 0.1) is 11.5 Å². The number of hydrogen-bond donors (Lipinski definition) is 3. The molecule has 1 heterocycles. The molecule has 3 aromatic rings. The minimum absolute atomic E-state index is 0.0332. The highest BCUT2D eigenvalue weighted by molar-refractivity contribution is 5.75. The van der Waals surface area contributed by atoms with Crippen molar-refractivity contribution in [2.24, 2.45) is 16.6 Å². The van der Waals surface area contributed by atoms with Crippen molar-refractivity contribution < 1.29 is 4.92 Å². The Bertz CT molecular complexity index is 1020. The summed E-state index contributed by atoms with van der Waals surface area (Å²) in [5.41, 5.74) is 16.2. The predicted molar refractivity (Wildman–Crippen MR) is 111 cm³/mol. The standard InChI is InChI=1S/C20H20N6O2/c21-20(22)24-23-12-4-8-17-9-5-13-25(17)18-11-10-16(14-19(18)26(27)28)15-6-2-1-3-7-15/h1-11,13-14,23H,12H2,(H4,21,22,24)/b8-4+. The maximum Gasteiger partial charge on any atom is 0.293 e. The van der Waals surface area contributed by atoms with Crippen LogP contribution in [0.25, 0.3) is 22.9 Å². The summed E-state index contributed by atoms with van der Waals surface area (Å²) in [6, 6.07) is 18.5. The van der Waals surface area contributed by atoms with Gasteiger partial charge < -0.3 is 21.5 Å². The molecular formula is C20H20N6O2. The molecule has 8 nitrogen and oxygen atoms in total. The Kier molecular flexibility index (Phi) is 5.71. The van der Waals surface area contributed by atoms with Gasteiger partial charge in [0.1, 0.15) is 5.69 Å². The summed E-state index contributed by atoms with van der Waals surface area (Å²) in [7, 11) is 0. The third kappa shape index (κ3) is 4.36. The molecule has 3 rings (SSSR count). The van der Waals surface area contributed by atoms with Crippen LogP contribution in [0.2, 0.25) is 0 Å². The van der Waals surface area contributed by atoms with E-state index in [0.29, 0.717) is 12.2 Å². The third-order valence-electron chi connectivity index (χ3n) is 4.02. The maximum absolute atomic E-state index is 11.7. The minimum atomic E-state index is -0.366. The number of benzene rings is 2. The van der Waals surface area contributed by atoms with Crippen LogP contribution in [0.4, 0.5) is 5.69 Å². The van der Waals surface area contributed by atoms with Gasteiger partial charge in [0.15, 0.2) is 0 Å². The van der Waals surface area contributed by atoms with Crippen LogP contribution in [-0.2, 0) is 0 Å². The zero-order valence-corrected chi connectivity index (χ0v) is 15.0. The fourth-order valence-corrected chi connectivity index (χ4v) is 2.80. The summed E-state index contributed by atoms with van der Waals surface area (Å²) >= 11 is 0. The van der Waals surface area contributed by atoms with Crippen LogP contribution in [0.1, 0.15) is 5.69 Å². The molecule has 28 heavy (non-hydrogen) atoms. The average Bonchev–Trinajstić information content (AvgIpc) is 3.16. The van der Waals surface area contributed by atoms with Crippen LogP contribution in [0, 0.1) is 10.1 Å². The van der Waals surface area contributed by atoms with Crippen LogP contribution in [0.5, 0.6) is 0 Å². The summed E-state index contributed by atoms with van der Waals surface area (Å²) in [6.45, 7) is 0.415. The number of nitro groups is 1. The van der Waals surface area contributed by atoms with E-state index in [4.69, 9.17) is 11.5 Å². The Morgan fingerprint density at radius 1 is 1.11 bits per heavy atom. The molecule has 142 valence electrons. The van der Waals surface area contributed by atoms with E-state index in [2.05, 4.69) is 10.5 Å². The number of rotatable bonds is 7. The lowest BCUT2D eigenvalue weighted by Gasteiger charge is -2.10. The van der Waals surface area contributed by atoms with Crippen molar-refractivity contribution in [3.63, 3.8) is 0 Å². The van der Waals surface area contributed by atoms with Crippen LogP contribution in [0.3, 0.4) is 0 Å². The molecule has 0 fully saturated rings. The first-order chi connectivity index (χ1) is 13.6. The van der Waals surface area contributed by atoms with Crippen LogP contribution < -0.4 is 16.9 Å². The molecule has 0 aliphatic heterocycles. The number of nitro benzene ring substituents is 1. The van der Waals surface area contributed by atoms with Gasteiger partial charge in [-0.15, -0.1) is 5.10 Å². The molecule has 0 saturated carbocycles. The molecule has 1 aromatic heterocycles. The zero-order valence-electron chi connectivity index (χ0n) is 15.0. The van der Waals surface area contributed by atoms with Gasteiger partial charge in [0.25, 0.3) is 5.69 Å². The number of nitrogens with one attached hydrogen (secondary N) is 1. The number of aromatic nitrogens is 1. The van der Waals surface area contributed by atoms with E-state index in [0.717, 1.165) is 16.8 Å². The second kappa shape index (κ2) is 8.54. The van der Waals surface area contributed by atoms with Crippen molar-refractivity contribution in [1.82, 2.24) is 9.99 Å². The average molecular weight is 376 g/mol. The summed E-state index contributed by atoms with van der Waals surface area (Å²) in [5, 5.41) is 15.4. The number of nitrogens with zero attached hydrogens (tertiary/aromatic N) is 3. The normalized spacial score (nSPS) is 10.7. The Morgan fingerprint density at radius 3 is 2.61 bits per heavy atom. The van der Waals surface area contributed by atoms with Crippen molar-refractivity contribution in [2.45, 2.75) is 0 Å². The highest BCUT2D eigenvalue weighted by atomic mass is 16.6. The van der Waals surface area contributed by atoms with E-state index in [1.807, 2.05) is 60.7 Å². The SMILES string of the molecule is NC(N)=NNC/C=C/c1cccn1-c1ccc(-c2ccccc2)cc1[N+](=O)[O-]. The summed E-state index contributed by atoms with van der Waals surface area (Å²) in [6.07, 6.45) is 5.44. The summed E-state index contributed by atoms with van der Waals surface area (Å²) in [5.74, 6) is -0.0501. The van der Waals surface area contributed by atoms with Crippen molar-refractivity contribution in [2.75, 3.05) is 6.54 Å². The summed E-state index contributed by atoms with van der Waals surface area (Å²) in [4.78, 5) is 11.3. The predicted octanol–water partition coefficient (Wildman–Crippen LogP) is 2.84. The van der Waals surface area contributed by atoms with Crippen molar-refractivity contribution in [3.05, 3.63) is 88.7 Å². The van der Waals surface area contributed by atoms with Gasteiger partial charge in [-0.25, -0.2) is 0 Å². The summed E-state index contributed by atoms with van der Waals surface area (Å²) < 4.78 is 1.77. The number of guanidine groups is 1. The second-order valence-corrected chi connectivity index (χ2v) is 5.93. The lowest BCUT2D eigenvalue weighted by molar-refractivity contribution is -0.384. The van der Waals surface area contributed by atoms with Gasteiger partial charge in [-0.3, -0.25) is 10.1 Å². The van der Waals surface area contributed by atoms with Gasteiger partial charge in [-0.2, -0.15) is 0 Å². The fraction of sp³-hybridized carbons (Fsp3) is 0.0500. The molecule has 0 bridgehead atoms. The fourth-order valence-electron chi connectivity index (χ4n) is 2.80. The van der Waals surface area contributed by atoms with Crippen molar-refractivity contribution in [1.29, 1.82) is 0 Å². The van der Waals surface area contributed by atoms with Crippen LogP contribution in [-0.4, -0.2) is 22.0 Å². The van der Waals surface area contributed by atoms with E-state index in [1.165, 1.54) is 0 Å². The van der Waals surface area contributed by atoms with Gasteiger partial charge in [0.2, 0.25) is 5.96 Å². The topological polar surface area (TPSA) is 125 Å². The highest BCUT2D eigenvalue weighted by Crippen LogP contribution is 2.30. The Morgan fingerprint density at radius 2 is 1.89 bits per heavy atom. The number of nitrogens with two attached hydrogens (primary N) is 2. The van der Waals surface area contributed by atoms with Crippen molar-refractivity contribution >= 4 is 17.7 Å². The Hall–Kier alpha value is -4.07. The van der Waals surface area contributed by atoms with Gasteiger partial charge >= 0.3 is 0 Å². The molecule has 0 spiro atoms. The Balaban J connectivity index is 1.92. The highest BCUT2D eigenvalue weighted by Gasteiger charge is 2.17. The largest absolute Gasteiger partial charge is 0.369 e. The van der Waals surface area contributed by atoms with Crippen molar-refractivity contribution in [3.8, 4) is 16.8 Å². The molecule has 5 N–H and O–H groups in total. The van der Waals surface area contributed by atoms with Crippen LogP contribution in [0.15, 0.2) is 78.0 Å². The maximum atomic E-state index is 11.7. The van der Waals surface area contributed by atoms with Crippen LogP contribution >= 0.6 is 0 Å². The quantitative estimate of drug-likeness (QED) is 0.192. The van der Waals surface area contributed by atoms with E-state index < -0.39 is 0 Å². The molecule has 8 heteroatoms. The monoisotopic (exact) mass is 376 g/mol. The van der Waals surface area contributed by atoms with E-state index in [-0.39, 0.29) is 16.6 Å². The van der Waals surface area contributed by atoms with E-state index >= 15 is 0 Å².